The van der Waals surface area contributed by atoms with Crippen LogP contribution in [0.5, 0.6) is 0 Å². The maximum Gasteiger partial charge on any atom is 0.254 e. The van der Waals surface area contributed by atoms with E-state index < -0.39 is 17.8 Å². The molecule has 120 valence electrons. The predicted molar refractivity (Wildman–Crippen MR) is 78.9 cm³/mol. The molecule has 0 aliphatic carbocycles. The van der Waals surface area contributed by atoms with Crippen LogP contribution < -0.4 is 16.0 Å². The zero-order valence-electron chi connectivity index (χ0n) is 12.4. The number of ether oxygens (including phenoxy) is 1. The van der Waals surface area contributed by atoms with Crippen molar-refractivity contribution in [2.24, 2.45) is 0 Å². The molecule has 0 unspecified atom stereocenters. The summed E-state index contributed by atoms with van der Waals surface area (Å²) in [4.78, 5) is 23.7. The first-order valence-electron chi connectivity index (χ1n) is 7.25. The fourth-order valence-electron chi connectivity index (χ4n) is 2.24. The second-order valence-electron chi connectivity index (χ2n) is 5.03. The van der Waals surface area contributed by atoms with Crippen LogP contribution >= 0.6 is 0 Å². The number of carbonyl (C=O) groups excluding carboxylic acids is 2. The smallest absolute Gasteiger partial charge is 0.254 e. The Bertz CT molecular complexity index is 539. The number of carbonyl (C=O) groups is 2. The van der Waals surface area contributed by atoms with Gasteiger partial charge in [0.25, 0.3) is 5.91 Å². The number of benzene rings is 1. The largest absolute Gasteiger partial charge is 0.375 e. The quantitative estimate of drug-likeness (QED) is 0.672. The Labute approximate surface area is 128 Å². The number of hydrogen-bond donors (Lipinski definition) is 3. The summed E-state index contributed by atoms with van der Waals surface area (Å²) in [6.45, 7) is 3.54. The Kier molecular flexibility index (Phi) is 5.85. The standard InChI is InChI=1S/C15H20FN3O3/c1-10-13(17-8-9-22-10)15(21)19-7-6-18-14(20)11-4-2-3-5-12(11)16/h2-5,10,13,17H,6-9H2,1H3,(H,18,20)(H,19,21)/t10-,13+/m1/s1. The van der Waals surface area contributed by atoms with E-state index in [1.807, 2.05) is 6.92 Å². The highest BCUT2D eigenvalue weighted by atomic mass is 19.1. The van der Waals surface area contributed by atoms with Crippen molar-refractivity contribution in [2.75, 3.05) is 26.2 Å². The zero-order valence-corrected chi connectivity index (χ0v) is 12.4. The molecule has 7 heteroatoms. The lowest BCUT2D eigenvalue weighted by Gasteiger charge is -2.29. The minimum atomic E-state index is -0.568. The Morgan fingerprint density at radius 2 is 2.05 bits per heavy atom. The van der Waals surface area contributed by atoms with Gasteiger partial charge in [-0.3, -0.25) is 9.59 Å². The summed E-state index contributed by atoms with van der Waals surface area (Å²) < 4.78 is 18.8. The number of hydrogen-bond acceptors (Lipinski definition) is 4. The van der Waals surface area contributed by atoms with Crippen molar-refractivity contribution in [3.05, 3.63) is 35.6 Å². The van der Waals surface area contributed by atoms with Crippen molar-refractivity contribution in [2.45, 2.75) is 19.1 Å². The molecule has 1 saturated heterocycles. The average Bonchev–Trinajstić information content (AvgIpc) is 2.52. The van der Waals surface area contributed by atoms with Crippen LogP contribution in [0.15, 0.2) is 24.3 Å². The van der Waals surface area contributed by atoms with E-state index in [4.69, 9.17) is 4.74 Å². The normalized spacial score (nSPS) is 21.2. The minimum Gasteiger partial charge on any atom is -0.375 e. The van der Waals surface area contributed by atoms with E-state index in [0.717, 1.165) is 0 Å². The average molecular weight is 309 g/mol. The van der Waals surface area contributed by atoms with Crippen LogP contribution in [-0.2, 0) is 9.53 Å². The lowest BCUT2D eigenvalue weighted by molar-refractivity contribution is -0.128. The molecular formula is C15H20FN3O3. The molecule has 1 aliphatic heterocycles. The summed E-state index contributed by atoms with van der Waals surface area (Å²) in [7, 11) is 0. The number of nitrogens with one attached hydrogen (secondary N) is 3. The Morgan fingerprint density at radius 3 is 2.77 bits per heavy atom. The molecule has 2 atom stereocenters. The highest BCUT2D eigenvalue weighted by molar-refractivity contribution is 5.94. The molecule has 2 amide bonds. The second-order valence-corrected chi connectivity index (χ2v) is 5.03. The van der Waals surface area contributed by atoms with Crippen LogP contribution in [0.4, 0.5) is 4.39 Å². The molecule has 0 bridgehead atoms. The van der Waals surface area contributed by atoms with Gasteiger partial charge in [-0.2, -0.15) is 0 Å². The van der Waals surface area contributed by atoms with Crippen molar-refractivity contribution >= 4 is 11.8 Å². The van der Waals surface area contributed by atoms with Gasteiger partial charge in [-0.25, -0.2) is 4.39 Å². The Balaban J connectivity index is 1.72. The van der Waals surface area contributed by atoms with E-state index >= 15 is 0 Å². The molecule has 1 aliphatic rings. The Hall–Kier alpha value is -1.99. The van der Waals surface area contributed by atoms with Crippen molar-refractivity contribution < 1.29 is 18.7 Å². The topological polar surface area (TPSA) is 79.5 Å². The molecule has 0 saturated carbocycles. The molecule has 3 N–H and O–H groups in total. The predicted octanol–water partition coefficient (Wildman–Crippen LogP) is 0.0486. The molecule has 0 radical (unpaired) electrons. The maximum atomic E-state index is 13.4. The highest BCUT2D eigenvalue weighted by Crippen LogP contribution is 2.05. The van der Waals surface area contributed by atoms with Crippen LogP contribution in [0.3, 0.4) is 0 Å². The van der Waals surface area contributed by atoms with Gasteiger partial charge in [-0.05, 0) is 19.1 Å². The van der Waals surface area contributed by atoms with E-state index in [9.17, 15) is 14.0 Å². The van der Waals surface area contributed by atoms with Crippen LogP contribution in [0.2, 0.25) is 0 Å². The molecule has 1 aromatic carbocycles. The molecule has 0 aromatic heterocycles. The van der Waals surface area contributed by atoms with Gasteiger partial charge in [0.15, 0.2) is 0 Å². The van der Waals surface area contributed by atoms with Gasteiger partial charge in [0.1, 0.15) is 11.9 Å². The summed E-state index contributed by atoms with van der Waals surface area (Å²) in [6.07, 6.45) is -0.193. The first-order valence-corrected chi connectivity index (χ1v) is 7.25. The fraction of sp³-hybridized carbons (Fsp3) is 0.467. The van der Waals surface area contributed by atoms with Gasteiger partial charge in [-0.1, -0.05) is 12.1 Å². The van der Waals surface area contributed by atoms with E-state index in [0.29, 0.717) is 13.2 Å². The van der Waals surface area contributed by atoms with Crippen LogP contribution in [0.1, 0.15) is 17.3 Å². The number of amides is 2. The van der Waals surface area contributed by atoms with Crippen LogP contribution in [-0.4, -0.2) is 50.2 Å². The molecule has 2 rings (SSSR count). The van der Waals surface area contributed by atoms with Gasteiger partial charge in [0.05, 0.1) is 18.3 Å². The molecular weight excluding hydrogens is 289 g/mol. The Morgan fingerprint density at radius 1 is 1.32 bits per heavy atom. The van der Waals surface area contributed by atoms with E-state index in [1.165, 1.54) is 18.2 Å². The van der Waals surface area contributed by atoms with E-state index in [2.05, 4.69) is 16.0 Å². The number of halogens is 1. The van der Waals surface area contributed by atoms with Gasteiger partial charge >= 0.3 is 0 Å². The SMILES string of the molecule is C[C@H]1OCCN[C@@H]1C(=O)NCCNC(=O)c1ccccc1F. The first-order chi connectivity index (χ1) is 10.6. The van der Waals surface area contributed by atoms with Gasteiger partial charge < -0.3 is 20.7 Å². The van der Waals surface area contributed by atoms with E-state index in [-0.39, 0.29) is 30.7 Å². The summed E-state index contributed by atoms with van der Waals surface area (Å²) in [5, 5.41) is 8.36. The van der Waals surface area contributed by atoms with Crippen LogP contribution in [0, 0.1) is 5.82 Å². The molecule has 6 nitrogen and oxygen atoms in total. The van der Waals surface area contributed by atoms with Crippen molar-refractivity contribution in [3.8, 4) is 0 Å². The second kappa shape index (κ2) is 7.86. The van der Waals surface area contributed by atoms with Gasteiger partial charge in [0.2, 0.25) is 5.91 Å². The van der Waals surface area contributed by atoms with Gasteiger partial charge in [0, 0.05) is 19.6 Å². The molecule has 1 heterocycles. The monoisotopic (exact) mass is 309 g/mol. The van der Waals surface area contributed by atoms with Crippen molar-refractivity contribution in [1.29, 1.82) is 0 Å². The summed E-state index contributed by atoms with van der Waals surface area (Å²) in [5.74, 6) is -1.24. The fourth-order valence-corrected chi connectivity index (χ4v) is 2.24. The summed E-state index contributed by atoms with van der Waals surface area (Å²) in [6, 6.07) is 5.36. The minimum absolute atomic E-state index is 0.00945. The first kappa shape index (κ1) is 16.4. The highest BCUT2D eigenvalue weighted by Gasteiger charge is 2.27. The summed E-state index contributed by atoms with van der Waals surface area (Å²) >= 11 is 0. The third-order valence-corrected chi connectivity index (χ3v) is 3.43. The zero-order chi connectivity index (χ0) is 15.9. The summed E-state index contributed by atoms with van der Waals surface area (Å²) in [5.41, 5.74) is -0.00945. The maximum absolute atomic E-state index is 13.4. The number of rotatable bonds is 5. The number of morpholine rings is 1. The van der Waals surface area contributed by atoms with Crippen molar-refractivity contribution in [3.63, 3.8) is 0 Å². The third-order valence-electron chi connectivity index (χ3n) is 3.43. The molecule has 1 fully saturated rings. The lowest BCUT2D eigenvalue weighted by atomic mass is 10.1. The lowest BCUT2D eigenvalue weighted by Crippen LogP contribution is -2.56. The van der Waals surface area contributed by atoms with Crippen molar-refractivity contribution in [1.82, 2.24) is 16.0 Å². The molecule has 1 aromatic rings. The van der Waals surface area contributed by atoms with Gasteiger partial charge in [-0.15, -0.1) is 0 Å². The molecule has 22 heavy (non-hydrogen) atoms. The third kappa shape index (κ3) is 4.25. The van der Waals surface area contributed by atoms with E-state index in [1.54, 1.807) is 6.07 Å². The molecule has 0 spiro atoms. The van der Waals surface area contributed by atoms with Crippen LogP contribution in [0.25, 0.3) is 0 Å².